The van der Waals surface area contributed by atoms with Crippen LogP contribution >= 0.6 is 0 Å². The van der Waals surface area contributed by atoms with E-state index in [1.807, 2.05) is 0 Å². The smallest absolute Gasteiger partial charge is 0.387 e. The average Bonchev–Trinajstić information content (AvgIpc) is 1.65. The lowest BCUT2D eigenvalue weighted by atomic mass is 10.4. The summed E-state index contributed by atoms with van der Waals surface area (Å²) in [6, 6.07) is -0.889. The van der Waals surface area contributed by atoms with E-state index >= 15 is 0 Å². The summed E-state index contributed by atoms with van der Waals surface area (Å²) in [6.45, 7) is 7.53. The molecule has 0 spiro atoms. The summed E-state index contributed by atoms with van der Waals surface area (Å²) in [5.41, 5.74) is 0. The summed E-state index contributed by atoms with van der Waals surface area (Å²) < 4.78 is 0. The summed E-state index contributed by atoms with van der Waals surface area (Å²) in [5, 5.41) is 7.97. The molecule has 0 amide bonds. The molecular weight excluding hydrogens is 106 g/mol. The second kappa shape index (κ2) is 4.13. The normalized spacial score (nSPS) is 10.5. The van der Waals surface area contributed by atoms with Gasteiger partial charge < -0.3 is 9.95 Å². The zero-order valence-electron chi connectivity index (χ0n) is 3.88. The largest absolute Gasteiger partial charge is 0.476 e. The van der Waals surface area contributed by atoms with Crippen molar-refractivity contribution in [3.8, 4) is 0 Å². The SMILES string of the molecule is C.[C-]#[N+]C(C)C(=O)O. The highest BCUT2D eigenvalue weighted by molar-refractivity contribution is 5.74. The highest BCUT2D eigenvalue weighted by Crippen LogP contribution is 1.84. The molecule has 0 saturated carbocycles. The van der Waals surface area contributed by atoms with Crippen LogP contribution in [0.5, 0.6) is 0 Å². The molecule has 1 N–H and O–H groups in total. The van der Waals surface area contributed by atoms with Crippen molar-refractivity contribution in [2.45, 2.75) is 20.4 Å². The summed E-state index contributed by atoms with van der Waals surface area (Å²) in [7, 11) is 0. The van der Waals surface area contributed by atoms with Gasteiger partial charge in [0.25, 0.3) is 0 Å². The Bertz CT molecular complexity index is 114. The van der Waals surface area contributed by atoms with Crippen LogP contribution in [0.15, 0.2) is 0 Å². The maximum atomic E-state index is 9.72. The van der Waals surface area contributed by atoms with Crippen LogP contribution in [-0.4, -0.2) is 17.1 Å². The predicted molar refractivity (Wildman–Crippen MR) is 30.4 cm³/mol. The molecule has 46 valence electrons. The molecule has 0 saturated heterocycles. The third kappa shape index (κ3) is 3.16. The zero-order chi connectivity index (χ0) is 5.86. The first-order chi connectivity index (χ1) is 3.18. The first-order valence-electron chi connectivity index (χ1n) is 1.78. The van der Waals surface area contributed by atoms with Crippen molar-refractivity contribution in [3.05, 3.63) is 11.4 Å². The lowest BCUT2D eigenvalue weighted by molar-refractivity contribution is -0.137. The summed E-state index contributed by atoms with van der Waals surface area (Å²) >= 11 is 0. The molecule has 8 heavy (non-hydrogen) atoms. The molecule has 0 rings (SSSR count). The second-order valence-electron chi connectivity index (χ2n) is 1.14. The van der Waals surface area contributed by atoms with E-state index in [0.717, 1.165) is 0 Å². The van der Waals surface area contributed by atoms with Crippen molar-refractivity contribution in [1.29, 1.82) is 0 Å². The molecule has 0 heterocycles. The van der Waals surface area contributed by atoms with Gasteiger partial charge in [-0.3, -0.25) is 0 Å². The van der Waals surface area contributed by atoms with Crippen LogP contribution in [0.3, 0.4) is 0 Å². The van der Waals surface area contributed by atoms with Crippen molar-refractivity contribution in [2.75, 3.05) is 0 Å². The average molecular weight is 115 g/mol. The minimum Gasteiger partial charge on any atom is -0.476 e. The molecule has 0 bridgehead atoms. The number of aliphatic carboxylic acids is 1. The molecule has 0 fully saturated rings. The Kier molecular flexibility index (Phi) is 5.19. The molecule has 1 unspecified atom stereocenters. The maximum Gasteiger partial charge on any atom is 0.387 e. The van der Waals surface area contributed by atoms with Gasteiger partial charge in [-0.25, -0.2) is 11.4 Å². The lowest BCUT2D eigenvalue weighted by Crippen LogP contribution is -2.09. The fourth-order valence-electron chi connectivity index (χ4n) is 0.0552. The standard InChI is InChI=1S/C4H5NO2.CH4/c1-3(5-2)4(6)7;/h3H,1H3,(H,6,7);1H4. The van der Waals surface area contributed by atoms with Crippen molar-refractivity contribution in [3.63, 3.8) is 0 Å². The van der Waals surface area contributed by atoms with E-state index in [1.54, 1.807) is 0 Å². The van der Waals surface area contributed by atoms with Crippen LogP contribution in [0.2, 0.25) is 0 Å². The maximum absolute atomic E-state index is 9.72. The molecular formula is C5H9NO2. The van der Waals surface area contributed by atoms with Gasteiger partial charge in [0.2, 0.25) is 0 Å². The number of rotatable bonds is 1. The van der Waals surface area contributed by atoms with Gasteiger partial charge in [0.05, 0.1) is 0 Å². The van der Waals surface area contributed by atoms with Crippen LogP contribution in [0.25, 0.3) is 4.85 Å². The summed E-state index contributed by atoms with van der Waals surface area (Å²) in [6.07, 6.45) is 0. The van der Waals surface area contributed by atoms with Gasteiger partial charge in [-0.15, -0.1) is 0 Å². The Hall–Kier alpha value is -1.04. The molecule has 0 aromatic rings. The fraction of sp³-hybridized carbons (Fsp3) is 0.600. The number of hydrogen-bond donors (Lipinski definition) is 1. The van der Waals surface area contributed by atoms with E-state index in [0.29, 0.717) is 0 Å². The van der Waals surface area contributed by atoms with E-state index in [1.165, 1.54) is 6.92 Å². The molecule has 3 nitrogen and oxygen atoms in total. The highest BCUT2D eigenvalue weighted by atomic mass is 16.4. The Morgan fingerprint density at radius 1 is 1.88 bits per heavy atom. The van der Waals surface area contributed by atoms with Gasteiger partial charge in [-0.1, -0.05) is 7.43 Å². The van der Waals surface area contributed by atoms with Gasteiger partial charge >= 0.3 is 12.0 Å². The third-order valence-corrected chi connectivity index (χ3v) is 0.551. The van der Waals surface area contributed by atoms with E-state index in [4.69, 9.17) is 11.7 Å². The van der Waals surface area contributed by atoms with Crippen molar-refractivity contribution in [1.82, 2.24) is 0 Å². The predicted octanol–water partition coefficient (Wildman–Crippen LogP) is 1.01. The van der Waals surface area contributed by atoms with E-state index < -0.39 is 12.0 Å². The number of carboxylic acids is 1. The highest BCUT2D eigenvalue weighted by Gasteiger charge is 2.12. The second-order valence-corrected chi connectivity index (χ2v) is 1.14. The number of carbonyl (C=O) groups is 1. The first-order valence-corrected chi connectivity index (χ1v) is 1.78. The van der Waals surface area contributed by atoms with Crippen LogP contribution < -0.4 is 0 Å². The molecule has 0 aromatic heterocycles. The van der Waals surface area contributed by atoms with Gasteiger partial charge in [-0.05, 0) is 0 Å². The quantitative estimate of drug-likeness (QED) is 0.518. The van der Waals surface area contributed by atoms with Crippen molar-refractivity contribution in [2.24, 2.45) is 0 Å². The molecule has 0 aliphatic heterocycles. The van der Waals surface area contributed by atoms with Crippen molar-refractivity contribution >= 4 is 5.97 Å². The van der Waals surface area contributed by atoms with Gasteiger partial charge in [0, 0.05) is 6.92 Å². The Balaban J connectivity index is 0. The molecule has 0 aliphatic rings. The van der Waals surface area contributed by atoms with Gasteiger partial charge in [0.15, 0.2) is 0 Å². The van der Waals surface area contributed by atoms with E-state index in [-0.39, 0.29) is 7.43 Å². The van der Waals surface area contributed by atoms with Crippen LogP contribution in [0.1, 0.15) is 14.4 Å². The zero-order valence-corrected chi connectivity index (χ0v) is 3.88. The fourth-order valence-corrected chi connectivity index (χ4v) is 0.0552. The van der Waals surface area contributed by atoms with Crippen molar-refractivity contribution < 1.29 is 9.90 Å². The molecule has 0 aliphatic carbocycles. The van der Waals surface area contributed by atoms with Crippen LogP contribution in [0.4, 0.5) is 0 Å². The van der Waals surface area contributed by atoms with Crippen LogP contribution in [-0.2, 0) is 4.79 Å². The van der Waals surface area contributed by atoms with Gasteiger partial charge in [-0.2, -0.15) is 0 Å². The molecule has 0 radical (unpaired) electrons. The Morgan fingerprint density at radius 3 is 2.25 bits per heavy atom. The van der Waals surface area contributed by atoms with Gasteiger partial charge in [0.1, 0.15) is 0 Å². The molecule has 1 atom stereocenters. The Labute approximate surface area is 48.8 Å². The summed E-state index contributed by atoms with van der Waals surface area (Å²) in [4.78, 5) is 12.5. The van der Waals surface area contributed by atoms with Crippen LogP contribution in [0, 0.1) is 6.57 Å². The first kappa shape index (κ1) is 10.0. The number of carboxylic acid groups (broad SMARTS) is 1. The van der Waals surface area contributed by atoms with E-state index in [9.17, 15) is 4.79 Å². The topological polar surface area (TPSA) is 41.7 Å². The number of nitrogens with zero attached hydrogens (tertiary/aromatic N) is 1. The van der Waals surface area contributed by atoms with E-state index in [2.05, 4.69) is 4.85 Å². The summed E-state index contributed by atoms with van der Waals surface area (Å²) in [5.74, 6) is -1.06. The number of hydrogen-bond acceptors (Lipinski definition) is 1. The molecule has 3 heteroatoms. The third-order valence-electron chi connectivity index (χ3n) is 0.551. The Morgan fingerprint density at radius 2 is 2.25 bits per heavy atom. The molecule has 0 aromatic carbocycles. The minimum absolute atomic E-state index is 0. The minimum atomic E-state index is -1.06. The monoisotopic (exact) mass is 115 g/mol. The lowest BCUT2D eigenvalue weighted by Gasteiger charge is -1.83.